The molecule has 0 radical (unpaired) electrons. The predicted molar refractivity (Wildman–Crippen MR) is 85.5 cm³/mol. The summed E-state index contributed by atoms with van der Waals surface area (Å²) in [6.45, 7) is 7.62. The Labute approximate surface area is 126 Å². The highest BCUT2D eigenvalue weighted by atomic mass is 32.1. The lowest BCUT2D eigenvalue weighted by Gasteiger charge is -2.35. The van der Waals surface area contributed by atoms with Crippen molar-refractivity contribution < 1.29 is 0 Å². The van der Waals surface area contributed by atoms with Gasteiger partial charge in [-0.2, -0.15) is 0 Å². The van der Waals surface area contributed by atoms with Crippen LogP contribution in [0.1, 0.15) is 67.1 Å². The maximum Gasteiger partial charge on any atom is 0.0963 e. The molecule has 0 aromatic carbocycles. The highest BCUT2D eigenvalue weighted by molar-refractivity contribution is 7.11. The summed E-state index contributed by atoms with van der Waals surface area (Å²) in [7, 11) is 2.31. The van der Waals surface area contributed by atoms with Crippen molar-refractivity contribution in [3.05, 3.63) is 15.6 Å². The Morgan fingerprint density at radius 1 is 1.35 bits per heavy atom. The summed E-state index contributed by atoms with van der Waals surface area (Å²) in [5, 5.41) is 4.91. The van der Waals surface area contributed by atoms with Gasteiger partial charge in [-0.15, -0.1) is 11.3 Å². The van der Waals surface area contributed by atoms with E-state index >= 15 is 0 Å². The van der Waals surface area contributed by atoms with Gasteiger partial charge in [-0.3, -0.25) is 0 Å². The topological polar surface area (TPSA) is 28.2 Å². The Balaban J connectivity index is 1.77. The van der Waals surface area contributed by atoms with Crippen molar-refractivity contribution in [2.45, 2.75) is 70.5 Å². The van der Waals surface area contributed by atoms with Gasteiger partial charge in [0.1, 0.15) is 0 Å². The van der Waals surface area contributed by atoms with Gasteiger partial charge in [-0.05, 0) is 53.1 Å². The molecule has 3 nitrogen and oxygen atoms in total. The Hall–Kier alpha value is -0.450. The molecule has 2 saturated heterocycles. The number of piperidine rings is 1. The Morgan fingerprint density at radius 3 is 2.60 bits per heavy atom. The van der Waals surface area contributed by atoms with Crippen molar-refractivity contribution in [3.8, 4) is 0 Å². The van der Waals surface area contributed by atoms with Crippen LogP contribution in [0.5, 0.6) is 0 Å². The van der Waals surface area contributed by atoms with Gasteiger partial charge in [0.15, 0.2) is 0 Å². The van der Waals surface area contributed by atoms with E-state index in [2.05, 4.69) is 38.0 Å². The zero-order valence-electron chi connectivity index (χ0n) is 13.1. The van der Waals surface area contributed by atoms with Crippen LogP contribution >= 0.6 is 11.3 Å². The first-order valence-electron chi connectivity index (χ1n) is 8.02. The van der Waals surface area contributed by atoms with Crippen LogP contribution < -0.4 is 5.32 Å². The SMILES string of the molecule is CCNC(C)c1sc(C2CC3CCC(C2)N3C)nc1C. The first-order chi connectivity index (χ1) is 9.60. The number of nitrogens with zero attached hydrogens (tertiary/aromatic N) is 2. The number of aryl methyl sites for hydroxylation is 1. The molecule has 4 heteroatoms. The summed E-state index contributed by atoms with van der Waals surface area (Å²) in [6, 6.07) is 2.05. The van der Waals surface area contributed by atoms with Crippen LogP contribution in [-0.2, 0) is 0 Å². The minimum absolute atomic E-state index is 0.439. The van der Waals surface area contributed by atoms with Crippen LogP contribution in [0.2, 0.25) is 0 Å². The molecule has 3 heterocycles. The fraction of sp³-hybridized carbons (Fsp3) is 0.812. The van der Waals surface area contributed by atoms with Crippen LogP contribution in [-0.4, -0.2) is 35.6 Å². The highest BCUT2D eigenvalue weighted by Crippen LogP contribution is 2.43. The van der Waals surface area contributed by atoms with E-state index < -0.39 is 0 Å². The standard InChI is InChI=1S/C16H27N3S/c1-5-17-10(2)15-11(3)18-16(20-15)12-8-13-6-7-14(9-12)19(13)4/h10,12-14,17H,5-9H2,1-4H3. The summed E-state index contributed by atoms with van der Waals surface area (Å²) in [4.78, 5) is 8.97. The van der Waals surface area contributed by atoms with E-state index in [0.29, 0.717) is 12.0 Å². The van der Waals surface area contributed by atoms with Crippen LogP contribution in [0, 0.1) is 6.92 Å². The third kappa shape index (κ3) is 2.53. The second kappa shape index (κ2) is 5.74. The minimum atomic E-state index is 0.439. The van der Waals surface area contributed by atoms with Gasteiger partial charge in [0.25, 0.3) is 0 Å². The predicted octanol–water partition coefficient (Wildman–Crippen LogP) is 3.46. The Morgan fingerprint density at radius 2 is 2.00 bits per heavy atom. The fourth-order valence-electron chi connectivity index (χ4n) is 4.02. The largest absolute Gasteiger partial charge is 0.310 e. The number of aromatic nitrogens is 1. The molecule has 2 aliphatic rings. The van der Waals surface area contributed by atoms with Gasteiger partial charge in [-0.25, -0.2) is 4.98 Å². The van der Waals surface area contributed by atoms with E-state index in [1.807, 2.05) is 11.3 Å². The van der Waals surface area contributed by atoms with Crippen molar-refractivity contribution >= 4 is 11.3 Å². The molecule has 0 spiro atoms. The van der Waals surface area contributed by atoms with E-state index in [4.69, 9.17) is 4.98 Å². The average Bonchev–Trinajstić information content (AvgIpc) is 2.86. The number of nitrogens with one attached hydrogen (secondary N) is 1. The van der Waals surface area contributed by atoms with Gasteiger partial charge in [0, 0.05) is 28.9 Å². The molecule has 20 heavy (non-hydrogen) atoms. The number of thiazole rings is 1. The lowest BCUT2D eigenvalue weighted by molar-refractivity contribution is 0.161. The summed E-state index contributed by atoms with van der Waals surface area (Å²) in [5.74, 6) is 0.704. The molecule has 3 rings (SSSR count). The normalized spacial score (nSPS) is 31.7. The molecule has 2 bridgehead atoms. The molecule has 1 N–H and O–H groups in total. The smallest absolute Gasteiger partial charge is 0.0963 e. The van der Waals surface area contributed by atoms with E-state index in [1.54, 1.807) is 0 Å². The van der Waals surface area contributed by atoms with Gasteiger partial charge in [0.05, 0.1) is 10.7 Å². The molecule has 0 amide bonds. The van der Waals surface area contributed by atoms with Crippen molar-refractivity contribution in [1.29, 1.82) is 0 Å². The first kappa shape index (κ1) is 14.5. The summed E-state index contributed by atoms with van der Waals surface area (Å²) < 4.78 is 0. The molecule has 1 aromatic heterocycles. The van der Waals surface area contributed by atoms with Gasteiger partial charge in [-0.1, -0.05) is 6.92 Å². The lowest BCUT2D eigenvalue weighted by atomic mass is 9.92. The second-order valence-corrected chi connectivity index (χ2v) is 7.56. The summed E-state index contributed by atoms with van der Waals surface area (Å²) in [5.41, 5.74) is 1.24. The maximum atomic E-state index is 4.92. The van der Waals surface area contributed by atoms with Crippen molar-refractivity contribution in [2.24, 2.45) is 0 Å². The van der Waals surface area contributed by atoms with Gasteiger partial charge in [0.2, 0.25) is 0 Å². The van der Waals surface area contributed by atoms with Crippen molar-refractivity contribution in [1.82, 2.24) is 15.2 Å². The fourth-order valence-corrected chi connectivity index (χ4v) is 5.24. The third-order valence-electron chi connectivity index (χ3n) is 5.20. The van der Waals surface area contributed by atoms with E-state index in [0.717, 1.165) is 18.6 Å². The van der Waals surface area contributed by atoms with E-state index in [9.17, 15) is 0 Å². The molecule has 0 aliphatic carbocycles. The Bertz CT molecular complexity index is 456. The van der Waals surface area contributed by atoms with Crippen LogP contribution in [0.4, 0.5) is 0 Å². The summed E-state index contributed by atoms with van der Waals surface area (Å²) >= 11 is 1.96. The van der Waals surface area contributed by atoms with Gasteiger partial charge < -0.3 is 10.2 Å². The molecule has 1 aromatic rings. The molecule has 3 atom stereocenters. The maximum absolute atomic E-state index is 4.92. The summed E-state index contributed by atoms with van der Waals surface area (Å²) in [6.07, 6.45) is 5.41. The number of rotatable bonds is 4. The number of hydrogen-bond donors (Lipinski definition) is 1. The lowest BCUT2D eigenvalue weighted by Crippen LogP contribution is -2.39. The zero-order valence-corrected chi connectivity index (χ0v) is 14.0. The number of hydrogen-bond acceptors (Lipinski definition) is 4. The molecular formula is C16H27N3S. The molecule has 2 fully saturated rings. The van der Waals surface area contributed by atoms with Crippen LogP contribution in [0.25, 0.3) is 0 Å². The monoisotopic (exact) mass is 293 g/mol. The third-order valence-corrected chi connectivity index (χ3v) is 6.70. The quantitative estimate of drug-likeness (QED) is 0.921. The van der Waals surface area contributed by atoms with Crippen LogP contribution in [0.3, 0.4) is 0 Å². The zero-order chi connectivity index (χ0) is 14.3. The molecule has 2 aliphatic heterocycles. The molecule has 112 valence electrons. The molecule has 0 saturated carbocycles. The van der Waals surface area contributed by atoms with Crippen LogP contribution in [0.15, 0.2) is 0 Å². The van der Waals surface area contributed by atoms with Crippen molar-refractivity contribution in [3.63, 3.8) is 0 Å². The molecular weight excluding hydrogens is 266 g/mol. The minimum Gasteiger partial charge on any atom is -0.310 e. The second-order valence-electron chi connectivity index (χ2n) is 6.50. The van der Waals surface area contributed by atoms with Crippen molar-refractivity contribution in [2.75, 3.05) is 13.6 Å². The number of fused-ring (bicyclic) bond motifs is 2. The molecule has 3 unspecified atom stereocenters. The van der Waals surface area contributed by atoms with Gasteiger partial charge >= 0.3 is 0 Å². The van der Waals surface area contributed by atoms with E-state index in [1.165, 1.54) is 41.3 Å². The Kier molecular flexibility index (Phi) is 4.16. The first-order valence-corrected chi connectivity index (χ1v) is 8.84. The highest BCUT2D eigenvalue weighted by Gasteiger charge is 2.40. The average molecular weight is 293 g/mol. The van der Waals surface area contributed by atoms with E-state index in [-0.39, 0.29) is 0 Å².